The Hall–Kier alpha value is -1.72. The summed E-state index contributed by atoms with van der Waals surface area (Å²) in [6.45, 7) is 8.05. The molecule has 4 rings (SSSR count). The minimum atomic E-state index is -0.235. The molecule has 1 saturated heterocycles. The molecule has 8 heteroatoms. The summed E-state index contributed by atoms with van der Waals surface area (Å²) in [5.41, 5.74) is 0.272. The molecule has 26 heavy (non-hydrogen) atoms. The van der Waals surface area contributed by atoms with Gasteiger partial charge in [-0.15, -0.1) is 0 Å². The smallest absolute Gasteiger partial charge is 0.164 e. The second-order valence-corrected chi connectivity index (χ2v) is 9.27. The minimum absolute atomic E-state index is 0.235. The van der Waals surface area contributed by atoms with Crippen LogP contribution in [0.4, 0.5) is 0 Å². The molecule has 4 aliphatic heterocycles. The summed E-state index contributed by atoms with van der Waals surface area (Å²) in [7, 11) is 0. The lowest BCUT2D eigenvalue weighted by Crippen LogP contribution is -2.46. The highest BCUT2D eigenvalue weighted by Crippen LogP contribution is 2.39. The van der Waals surface area contributed by atoms with Crippen molar-refractivity contribution in [2.24, 2.45) is 20.4 Å². The lowest BCUT2D eigenvalue weighted by Gasteiger charge is -2.38. The van der Waals surface area contributed by atoms with E-state index in [-0.39, 0.29) is 5.41 Å². The van der Waals surface area contributed by atoms with Crippen LogP contribution in [-0.2, 0) is 0 Å². The number of hydrogen-bond acceptors (Lipinski definition) is 6. The summed E-state index contributed by atoms with van der Waals surface area (Å²) >= 11 is 7.21. The number of amidine groups is 3. The number of rotatable bonds is 1. The molecule has 6 nitrogen and oxygen atoms in total. The van der Waals surface area contributed by atoms with Gasteiger partial charge in [-0.25, -0.2) is 15.0 Å². The summed E-state index contributed by atoms with van der Waals surface area (Å²) in [5.74, 6) is 3.47. The number of nitrogens with zero attached hydrogens (tertiary/aromatic N) is 6. The van der Waals surface area contributed by atoms with Crippen LogP contribution >= 0.6 is 31.9 Å². The van der Waals surface area contributed by atoms with Crippen molar-refractivity contribution in [1.29, 1.82) is 5.26 Å². The molecule has 0 spiro atoms. The summed E-state index contributed by atoms with van der Waals surface area (Å²) < 4.78 is 1.67. The molecule has 0 bridgehead atoms. The highest BCUT2D eigenvalue weighted by Gasteiger charge is 2.41. The molecule has 0 aromatic heterocycles. The van der Waals surface area contributed by atoms with Gasteiger partial charge in [0.05, 0.1) is 8.96 Å². The first-order valence-electron chi connectivity index (χ1n) is 8.55. The SMILES string of the molecule is CC(C)(C)C1=NC2=C(Br)C=C(Br)C3=NC(N4CCCC4)=C(C#N)C(=N1)N32. The molecule has 0 aromatic rings. The van der Waals surface area contributed by atoms with Crippen LogP contribution in [0.3, 0.4) is 0 Å². The molecule has 0 amide bonds. The van der Waals surface area contributed by atoms with Crippen LogP contribution in [0.25, 0.3) is 0 Å². The van der Waals surface area contributed by atoms with Gasteiger partial charge in [0.25, 0.3) is 0 Å². The topological polar surface area (TPSA) is 67.3 Å². The van der Waals surface area contributed by atoms with Gasteiger partial charge in [-0.3, -0.25) is 4.90 Å². The van der Waals surface area contributed by atoms with Crippen LogP contribution in [0.2, 0.25) is 0 Å². The Balaban J connectivity index is 1.98. The van der Waals surface area contributed by atoms with E-state index >= 15 is 0 Å². The molecule has 1 fully saturated rings. The number of allylic oxidation sites excluding steroid dienone is 2. The van der Waals surface area contributed by atoms with Crippen LogP contribution in [-0.4, -0.2) is 40.4 Å². The monoisotopic (exact) mass is 476 g/mol. The van der Waals surface area contributed by atoms with Crippen LogP contribution < -0.4 is 0 Å². The summed E-state index contributed by atoms with van der Waals surface area (Å²) in [5, 5.41) is 9.94. The van der Waals surface area contributed by atoms with Crippen molar-refractivity contribution in [3.8, 4) is 6.07 Å². The fourth-order valence-corrected chi connectivity index (χ4v) is 4.55. The predicted molar refractivity (Wildman–Crippen MR) is 110 cm³/mol. The molecule has 4 aliphatic rings. The Bertz CT molecular complexity index is 914. The summed E-state index contributed by atoms with van der Waals surface area (Å²) in [6, 6.07) is 2.35. The zero-order chi connectivity index (χ0) is 18.6. The molecule has 0 saturated carbocycles. The van der Waals surface area contributed by atoms with Gasteiger partial charge in [-0.2, -0.15) is 5.26 Å². The van der Waals surface area contributed by atoms with Crippen molar-refractivity contribution in [1.82, 2.24) is 9.80 Å². The number of halogens is 2. The van der Waals surface area contributed by atoms with Crippen molar-refractivity contribution < 1.29 is 0 Å². The Morgan fingerprint density at radius 1 is 1.04 bits per heavy atom. The van der Waals surface area contributed by atoms with Gasteiger partial charge in [-0.1, -0.05) is 20.8 Å². The lowest BCUT2D eigenvalue weighted by atomic mass is 9.94. The molecule has 134 valence electrons. The van der Waals surface area contributed by atoms with Gasteiger partial charge in [0.1, 0.15) is 17.5 Å². The second kappa shape index (κ2) is 6.17. The maximum Gasteiger partial charge on any atom is 0.164 e. The van der Waals surface area contributed by atoms with Crippen molar-refractivity contribution in [3.05, 3.63) is 32.3 Å². The van der Waals surface area contributed by atoms with Crippen LogP contribution in [0, 0.1) is 16.7 Å². The molecule has 0 aliphatic carbocycles. The van der Waals surface area contributed by atoms with Crippen molar-refractivity contribution in [2.75, 3.05) is 13.1 Å². The van der Waals surface area contributed by atoms with Gasteiger partial charge in [0, 0.05) is 18.5 Å². The van der Waals surface area contributed by atoms with Gasteiger partial charge in [0.2, 0.25) is 0 Å². The largest absolute Gasteiger partial charge is 0.355 e. The minimum Gasteiger partial charge on any atom is -0.355 e. The maximum atomic E-state index is 9.94. The van der Waals surface area contributed by atoms with Gasteiger partial charge in [-0.05, 0) is 50.8 Å². The Morgan fingerprint density at radius 2 is 1.73 bits per heavy atom. The van der Waals surface area contributed by atoms with Crippen molar-refractivity contribution in [2.45, 2.75) is 33.6 Å². The Morgan fingerprint density at radius 3 is 2.35 bits per heavy atom. The van der Waals surface area contributed by atoms with Crippen molar-refractivity contribution >= 4 is 49.4 Å². The van der Waals surface area contributed by atoms with Crippen LogP contribution in [0.5, 0.6) is 0 Å². The van der Waals surface area contributed by atoms with E-state index in [0.717, 1.165) is 46.6 Å². The van der Waals surface area contributed by atoms with E-state index in [1.54, 1.807) is 0 Å². The second-order valence-electron chi connectivity index (χ2n) is 7.56. The van der Waals surface area contributed by atoms with Crippen molar-refractivity contribution in [3.63, 3.8) is 0 Å². The first-order chi connectivity index (χ1) is 12.3. The normalized spacial score (nSPS) is 22.6. The third-order valence-corrected chi connectivity index (χ3v) is 5.75. The summed E-state index contributed by atoms with van der Waals surface area (Å²) in [4.78, 5) is 18.4. The number of hydrogen-bond donors (Lipinski definition) is 0. The third-order valence-electron chi connectivity index (χ3n) is 4.59. The highest BCUT2D eigenvalue weighted by atomic mass is 79.9. The van der Waals surface area contributed by atoms with Crippen LogP contribution in [0.1, 0.15) is 33.6 Å². The zero-order valence-corrected chi connectivity index (χ0v) is 18.0. The maximum absolute atomic E-state index is 9.94. The zero-order valence-electron chi connectivity index (χ0n) is 14.8. The fourth-order valence-electron chi connectivity index (χ4n) is 3.25. The molecule has 0 radical (unpaired) electrons. The first-order valence-corrected chi connectivity index (χ1v) is 10.1. The fraction of sp³-hybridized carbons (Fsp3) is 0.444. The lowest BCUT2D eigenvalue weighted by molar-refractivity contribution is 0.416. The van der Waals surface area contributed by atoms with E-state index in [1.165, 1.54) is 0 Å². The van der Waals surface area contributed by atoms with E-state index < -0.39 is 0 Å². The van der Waals surface area contributed by atoms with Gasteiger partial charge >= 0.3 is 0 Å². The van der Waals surface area contributed by atoms with E-state index in [4.69, 9.17) is 15.0 Å². The Kier molecular flexibility index (Phi) is 4.20. The Labute approximate surface area is 169 Å². The first kappa shape index (κ1) is 17.7. The van der Waals surface area contributed by atoms with Crippen LogP contribution in [0.15, 0.2) is 47.2 Å². The van der Waals surface area contributed by atoms with E-state index in [0.29, 0.717) is 23.1 Å². The van der Waals surface area contributed by atoms with Gasteiger partial charge < -0.3 is 4.90 Å². The molecular formula is C18H18Br2N6. The summed E-state index contributed by atoms with van der Waals surface area (Å²) in [6.07, 6.45) is 4.19. The van der Waals surface area contributed by atoms with Gasteiger partial charge in [0.15, 0.2) is 23.3 Å². The predicted octanol–water partition coefficient (Wildman–Crippen LogP) is 4.24. The van der Waals surface area contributed by atoms with E-state index in [9.17, 15) is 5.26 Å². The number of aliphatic imine (C=N–C) groups is 3. The molecule has 0 aromatic carbocycles. The number of likely N-dealkylation sites (tertiary alicyclic amines) is 1. The molecule has 0 N–H and O–H groups in total. The molecule has 0 unspecified atom stereocenters. The number of nitriles is 1. The van der Waals surface area contributed by atoms with E-state index in [1.807, 2.05) is 11.0 Å². The molecule has 4 heterocycles. The molecule has 0 atom stereocenters. The quantitative estimate of drug-likeness (QED) is 0.567. The molecular weight excluding hydrogens is 460 g/mol. The average molecular weight is 478 g/mol. The standard InChI is InChI=1S/C18H18Br2N6/c1-18(2,3)17-23-14-10(9-21)13(25-6-4-5-7-25)22-15-11(19)8-12(20)16(24-17)26(14)15/h8H,4-7H2,1-3H3. The third kappa shape index (κ3) is 2.69. The average Bonchev–Trinajstić information content (AvgIpc) is 3.11. The highest BCUT2D eigenvalue weighted by molar-refractivity contribution is 9.12. The van der Waals surface area contributed by atoms with E-state index in [2.05, 4.69) is 63.6 Å².